The summed E-state index contributed by atoms with van der Waals surface area (Å²) in [6.07, 6.45) is 2.10. The average molecular weight is 488 g/mol. The highest BCUT2D eigenvalue weighted by Gasteiger charge is 2.24. The molecule has 0 saturated heterocycles. The van der Waals surface area contributed by atoms with Crippen molar-refractivity contribution in [3.05, 3.63) is 83.7 Å². The Balaban J connectivity index is 1.81. The highest BCUT2D eigenvalue weighted by molar-refractivity contribution is 7.98. The molecule has 1 amide bonds. The van der Waals surface area contributed by atoms with Crippen LogP contribution in [0.15, 0.2) is 71.6 Å². The van der Waals surface area contributed by atoms with Crippen LogP contribution >= 0.6 is 19.4 Å². The second kappa shape index (κ2) is 11.6. The molecule has 0 aliphatic carbocycles. The van der Waals surface area contributed by atoms with Crippen molar-refractivity contribution in [1.82, 2.24) is 0 Å². The van der Waals surface area contributed by atoms with Crippen molar-refractivity contribution in [1.29, 1.82) is 0 Å². The van der Waals surface area contributed by atoms with Crippen LogP contribution in [0.3, 0.4) is 0 Å². The van der Waals surface area contributed by atoms with E-state index in [0.29, 0.717) is 35.6 Å². The Kier molecular flexibility index (Phi) is 8.87. The second-order valence-corrected chi connectivity index (χ2v) is 10.1. The van der Waals surface area contributed by atoms with Crippen LogP contribution in [0.25, 0.3) is 11.1 Å². The number of carbonyl (C=O) groups is 1. The molecule has 0 aliphatic rings. The van der Waals surface area contributed by atoms with Crippen molar-refractivity contribution in [2.45, 2.75) is 24.9 Å². The summed E-state index contributed by atoms with van der Waals surface area (Å²) in [4.78, 5) is 14.1. The van der Waals surface area contributed by atoms with Crippen LogP contribution in [0.2, 0.25) is 0 Å². The summed E-state index contributed by atoms with van der Waals surface area (Å²) >= 11 is 1.55. The quantitative estimate of drug-likeness (QED) is 0.241. The minimum Gasteiger partial charge on any atom is -0.322 e. The van der Waals surface area contributed by atoms with Gasteiger partial charge in [0, 0.05) is 16.1 Å². The normalized spacial score (nSPS) is 11.4. The fourth-order valence-electron chi connectivity index (χ4n) is 3.38. The summed E-state index contributed by atoms with van der Waals surface area (Å²) in [5.74, 6) is -0.663. The van der Waals surface area contributed by atoms with Crippen molar-refractivity contribution in [2.24, 2.45) is 0 Å². The van der Waals surface area contributed by atoms with E-state index in [1.54, 1.807) is 68.1 Å². The molecule has 0 bridgehead atoms. The van der Waals surface area contributed by atoms with Gasteiger partial charge in [0.1, 0.15) is 5.82 Å². The summed E-state index contributed by atoms with van der Waals surface area (Å²) in [7, 11) is -3.20. The number of hydrogen-bond donors (Lipinski definition) is 1. The highest BCUT2D eigenvalue weighted by Crippen LogP contribution is 2.51. The molecular formula is C25H27FNO4PS. The minimum absolute atomic E-state index is 0.156. The van der Waals surface area contributed by atoms with E-state index in [0.717, 1.165) is 10.5 Å². The van der Waals surface area contributed by atoms with Crippen molar-refractivity contribution in [3.63, 3.8) is 0 Å². The van der Waals surface area contributed by atoms with Gasteiger partial charge < -0.3 is 14.4 Å². The SMILES string of the molecule is CCOP(=O)(Cc1ccc(NC(=O)c2ccc(SC)cc2-c2cccc(F)c2)cc1)OCC. The van der Waals surface area contributed by atoms with Crippen LogP contribution in [-0.4, -0.2) is 25.4 Å². The number of benzene rings is 3. The fraction of sp³-hybridized carbons (Fsp3) is 0.240. The summed E-state index contributed by atoms with van der Waals surface area (Å²) in [6, 6.07) is 18.7. The molecule has 0 aliphatic heterocycles. The first-order valence-electron chi connectivity index (χ1n) is 10.6. The predicted molar refractivity (Wildman–Crippen MR) is 133 cm³/mol. The molecule has 5 nitrogen and oxygen atoms in total. The third-order valence-corrected chi connectivity index (χ3v) is 7.63. The van der Waals surface area contributed by atoms with Crippen molar-refractivity contribution in [2.75, 3.05) is 24.8 Å². The Morgan fingerprint density at radius 3 is 2.30 bits per heavy atom. The largest absolute Gasteiger partial charge is 0.335 e. The Morgan fingerprint density at radius 2 is 1.70 bits per heavy atom. The molecule has 0 saturated carbocycles. The van der Waals surface area contributed by atoms with Gasteiger partial charge in [-0.1, -0.05) is 24.3 Å². The molecule has 0 heterocycles. The number of halogens is 1. The van der Waals surface area contributed by atoms with Gasteiger partial charge in [0.25, 0.3) is 5.91 Å². The Morgan fingerprint density at radius 1 is 1.00 bits per heavy atom. The van der Waals surface area contributed by atoms with E-state index in [9.17, 15) is 13.8 Å². The average Bonchev–Trinajstić information content (AvgIpc) is 2.80. The van der Waals surface area contributed by atoms with E-state index in [-0.39, 0.29) is 17.9 Å². The first-order chi connectivity index (χ1) is 15.9. The van der Waals surface area contributed by atoms with E-state index >= 15 is 0 Å². The molecule has 0 atom stereocenters. The number of carbonyl (C=O) groups excluding carboxylic acids is 1. The van der Waals surface area contributed by atoms with E-state index in [2.05, 4.69) is 5.32 Å². The van der Waals surface area contributed by atoms with Gasteiger partial charge in [-0.15, -0.1) is 11.8 Å². The van der Waals surface area contributed by atoms with Gasteiger partial charge >= 0.3 is 7.60 Å². The number of rotatable bonds is 10. The molecule has 0 unspecified atom stereocenters. The molecule has 8 heteroatoms. The minimum atomic E-state index is -3.20. The molecular weight excluding hydrogens is 460 g/mol. The fourth-order valence-corrected chi connectivity index (χ4v) is 5.52. The lowest BCUT2D eigenvalue weighted by Gasteiger charge is -2.17. The molecule has 0 spiro atoms. The number of nitrogens with one attached hydrogen (secondary N) is 1. The van der Waals surface area contributed by atoms with E-state index in [4.69, 9.17) is 9.05 Å². The zero-order chi connectivity index (χ0) is 23.8. The van der Waals surface area contributed by atoms with E-state index in [1.807, 2.05) is 18.4 Å². The van der Waals surface area contributed by atoms with Gasteiger partial charge in [-0.05, 0) is 79.3 Å². The van der Waals surface area contributed by atoms with Crippen LogP contribution in [-0.2, 0) is 19.8 Å². The first kappa shape index (κ1) is 25.2. The molecule has 0 fully saturated rings. The number of anilines is 1. The Labute approximate surface area is 198 Å². The molecule has 0 aromatic heterocycles. The predicted octanol–water partition coefficient (Wildman–Crippen LogP) is 7.23. The number of hydrogen-bond acceptors (Lipinski definition) is 5. The molecule has 0 radical (unpaired) electrons. The van der Waals surface area contributed by atoms with Crippen LogP contribution in [0.1, 0.15) is 29.8 Å². The smallest absolute Gasteiger partial charge is 0.322 e. The van der Waals surface area contributed by atoms with Gasteiger partial charge in [-0.3, -0.25) is 9.36 Å². The van der Waals surface area contributed by atoms with Crippen molar-refractivity contribution in [3.8, 4) is 11.1 Å². The molecule has 3 aromatic rings. The summed E-state index contributed by atoms with van der Waals surface area (Å²) in [5, 5.41) is 2.89. The first-order valence-corrected chi connectivity index (χ1v) is 13.5. The maximum atomic E-state index is 13.8. The lowest BCUT2D eigenvalue weighted by molar-refractivity contribution is 0.102. The van der Waals surface area contributed by atoms with Crippen LogP contribution in [0, 0.1) is 5.82 Å². The summed E-state index contributed by atoms with van der Waals surface area (Å²) in [5.41, 5.74) is 3.10. The van der Waals surface area contributed by atoms with Gasteiger partial charge in [-0.2, -0.15) is 0 Å². The second-order valence-electron chi connectivity index (χ2n) is 7.18. The van der Waals surface area contributed by atoms with Gasteiger partial charge in [-0.25, -0.2) is 4.39 Å². The maximum absolute atomic E-state index is 13.8. The van der Waals surface area contributed by atoms with Crippen molar-refractivity contribution >= 4 is 31.0 Å². The lowest BCUT2D eigenvalue weighted by Crippen LogP contribution is -2.13. The van der Waals surface area contributed by atoms with Gasteiger partial charge in [0.2, 0.25) is 0 Å². The third-order valence-electron chi connectivity index (χ3n) is 4.85. The van der Waals surface area contributed by atoms with Crippen LogP contribution in [0.4, 0.5) is 10.1 Å². The zero-order valence-electron chi connectivity index (χ0n) is 18.8. The molecule has 33 heavy (non-hydrogen) atoms. The van der Waals surface area contributed by atoms with E-state index < -0.39 is 7.60 Å². The standard InChI is InChI=1S/C25H27FNO4PS/c1-4-30-32(29,31-5-2)17-18-9-11-21(12-10-18)27-25(28)23-14-13-22(33-3)16-24(23)19-7-6-8-20(26)15-19/h6-16H,4-5,17H2,1-3H3,(H,27,28). The number of thioether (sulfide) groups is 1. The Hall–Kier alpha value is -2.44. The lowest BCUT2D eigenvalue weighted by atomic mass is 9.99. The zero-order valence-corrected chi connectivity index (χ0v) is 20.5. The van der Waals surface area contributed by atoms with Crippen LogP contribution in [0.5, 0.6) is 0 Å². The van der Waals surface area contributed by atoms with Gasteiger partial charge in [0.15, 0.2) is 0 Å². The summed E-state index contributed by atoms with van der Waals surface area (Å²) < 4.78 is 37.2. The highest BCUT2D eigenvalue weighted by atomic mass is 32.2. The van der Waals surface area contributed by atoms with Gasteiger partial charge in [0.05, 0.1) is 19.4 Å². The third kappa shape index (κ3) is 6.78. The Bertz CT molecular complexity index is 1140. The van der Waals surface area contributed by atoms with Crippen molar-refractivity contribution < 1.29 is 22.8 Å². The molecule has 3 aromatic carbocycles. The maximum Gasteiger partial charge on any atom is 0.335 e. The van der Waals surface area contributed by atoms with E-state index in [1.165, 1.54) is 12.1 Å². The monoisotopic (exact) mass is 487 g/mol. The number of amides is 1. The van der Waals surface area contributed by atoms with Crippen LogP contribution < -0.4 is 5.32 Å². The topological polar surface area (TPSA) is 64.6 Å². The molecule has 174 valence electrons. The summed E-state index contributed by atoms with van der Waals surface area (Å²) in [6.45, 7) is 4.14. The molecule has 3 rings (SSSR count). The molecule has 1 N–H and O–H groups in total.